The third-order valence-electron chi connectivity index (χ3n) is 4.18. The molecule has 1 aliphatic heterocycles. The summed E-state index contributed by atoms with van der Waals surface area (Å²) in [6.45, 7) is 4.76. The summed E-state index contributed by atoms with van der Waals surface area (Å²) in [4.78, 5) is 0. The molecule has 0 radical (unpaired) electrons. The molecule has 1 aromatic rings. The minimum absolute atomic E-state index is 0.0214. The number of alkyl halides is 1. The van der Waals surface area contributed by atoms with E-state index in [1.54, 1.807) is 4.31 Å². The van der Waals surface area contributed by atoms with Crippen molar-refractivity contribution in [1.82, 2.24) is 4.31 Å². The van der Waals surface area contributed by atoms with E-state index >= 15 is 0 Å². The highest BCUT2D eigenvalue weighted by Gasteiger charge is 2.38. The molecule has 1 aromatic carbocycles. The molecule has 0 saturated carbocycles. The van der Waals surface area contributed by atoms with Gasteiger partial charge in [-0.1, -0.05) is 60.1 Å². The van der Waals surface area contributed by atoms with Gasteiger partial charge in [-0.15, -0.1) is 0 Å². The molecule has 0 bridgehead atoms. The molecule has 0 spiro atoms. The van der Waals surface area contributed by atoms with Crippen LogP contribution >= 0.6 is 15.9 Å². The molecule has 3 atom stereocenters. The van der Waals surface area contributed by atoms with E-state index in [0.717, 1.165) is 12.0 Å². The lowest BCUT2D eigenvalue weighted by Crippen LogP contribution is -2.40. The molecule has 1 aliphatic rings. The molecule has 1 saturated heterocycles. The van der Waals surface area contributed by atoms with Crippen LogP contribution in [0.25, 0.3) is 0 Å². The van der Waals surface area contributed by atoms with Gasteiger partial charge in [-0.05, 0) is 23.8 Å². The van der Waals surface area contributed by atoms with E-state index in [1.165, 1.54) is 0 Å². The maximum absolute atomic E-state index is 12.6. The van der Waals surface area contributed by atoms with Crippen LogP contribution in [0.3, 0.4) is 0 Å². The quantitative estimate of drug-likeness (QED) is 0.756. The third kappa shape index (κ3) is 3.43. The summed E-state index contributed by atoms with van der Waals surface area (Å²) < 4.78 is 27.0. The number of hydrogen-bond donors (Lipinski definition) is 0. The number of halogens is 1. The van der Waals surface area contributed by atoms with Gasteiger partial charge in [-0.25, -0.2) is 8.42 Å². The smallest absolute Gasteiger partial charge is 0.212 e. The standard InChI is InChI=1S/C15H22BrNO2S/c1-12-8-9-17(15(12)10-16)20(18,19)11-13(2)14-6-4-3-5-7-14/h3-7,12-13,15H,8-11H2,1-2H3. The number of hydrogen-bond acceptors (Lipinski definition) is 2. The first kappa shape index (κ1) is 16.0. The Bertz CT molecular complexity index is 532. The van der Waals surface area contributed by atoms with Gasteiger partial charge in [0.1, 0.15) is 0 Å². The molecule has 3 nitrogen and oxygen atoms in total. The molecular formula is C15H22BrNO2S. The highest BCUT2D eigenvalue weighted by Crippen LogP contribution is 2.30. The van der Waals surface area contributed by atoms with Gasteiger partial charge in [0.2, 0.25) is 10.0 Å². The Balaban J connectivity index is 2.12. The van der Waals surface area contributed by atoms with Crippen LogP contribution in [-0.4, -0.2) is 36.4 Å². The van der Waals surface area contributed by atoms with Crippen molar-refractivity contribution in [3.63, 3.8) is 0 Å². The van der Waals surface area contributed by atoms with Gasteiger partial charge in [-0.2, -0.15) is 4.31 Å². The van der Waals surface area contributed by atoms with Crippen molar-refractivity contribution in [2.24, 2.45) is 5.92 Å². The van der Waals surface area contributed by atoms with Gasteiger partial charge >= 0.3 is 0 Å². The molecule has 0 amide bonds. The SMILES string of the molecule is CC(CS(=O)(=O)N1CCC(C)C1CBr)c1ccccc1. The van der Waals surface area contributed by atoms with Crippen LogP contribution in [-0.2, 0) is 10.0 Å². The van der Waals surface area contributed by atoms with Crippen molar-refractivity contribution in [1.29, 1.82) is 0 Å². The lowest BCUT2D eigenvalue weighted by Gasteiger charge is -2.26. The second kappa shape index (κ2) is 6.58. The van der Waals surface area contributed by atoms with E-state index in [1.807, 2.05) is 37.3 Å². The van der Waals surface area contributed by atoms with Crippen LogP contribution < -0.4 is 0 Å². The minimum atomic E-state index is -3.20. The Kier molecular flexibility index (Phi) is 5.26. The fourth-order valence-electron chi connectivity index (χ4n) is 2.84. The van der Waals surface area contributed by atoms with Gasteiger partial charge in [0.05, 0.1) is 5.75 Å². The lowest BCUT2D eigenvalue weighted by molar-refractivity contribution is 0.377. The van der Waals surface area contributed by atoms with Crippen molar-refractivity contribution >= 4 is 26.0 Å². The molecule has 5 heteroatoms. The Morgan fingerprint density at radius 2 is 2.00 bits per heavy atom. The summed E-state index contributed by atoms with van der Waals surface area (Å²) in [6, 6.07) is 9.95. The molecule has 1 fully saturated rings. The van der Waals surface area contributed by atoms with Crippen molar-refractivity contribution < 1.29 is 8.42 Å². The molecule has 0 aromatic heterocycles. The summed E-state index contributed by atoms with van der Waals surface area (Å²) in [5.74, 6) is 0.636. The zero-order valence-corrected chi connectivity index (χ0v) is 14.4. The molecule has 112 valence electrons. The van der Waals surface area contributed by atoms with E-state index in [2.05, 4.69) is 22.9 Å². The highest BCUT2D eigenvalue weighted by molar-refractivity contribution is 9.09. The molecule has 3 unspecified atom stereocenters. The van der Waals surface area contributed by atoms with E-state index < -0.39 is 10.0 Å². The van der Waals surface area contributed by atoms with Gasteiger partial charge in [0, 0.05) is 17.9 Å². The van der Waals surface area contributed by atoms with Gasteiger partial charge in [0.15, 0.2) is 0 Å². The summed E-state index contributed by atoms with van der Waals surface area (Å²) in [6.07, 6.45) is 0.954. The number of benzene rings is 1. The maximum Gasteiger partial charge on any atom is 0.214 e. The third-order valence-corrected chi connectivity index (χ3v) is 6.93. The Hall–Kier alpha value is -0.390. The number of rotatable bonds is 5. The second-order valence-corrected chi connectivity index (χ2v) is 8.30. The first-order chi connectivity index (χ1) is 9.45. The van der Waals surface area contributed by atoms with E-state index in [-0.39, 0.29) is 17.7 Å². The maximum atomic E-state index is 12.6. The topological polar surface area (TPSA) is 37.4 Å². The van der Waals surface area contributed by atoms with E-state index in [9.17, 15) is 8.42 Å². The number of sulfonamides is 1. The van der Waals surface area contributed by atoms with Crippen LogP contribution in [0.15, 0.2) is 30.3 Å². The molecule has 1 heterocycles. The molecule has 20 heavy (non-hydrogen) atoms. The molecule has 0 N–H and O–H groups in total. The van der Waals surface area contributed by atoms with Crippen LogP contribution in [0, 0.1) is 5.92 Å². The van der Waals surface area contributed by atoms with Crippen molar-refractivity contribution in [2.45, 2.75) is 32.2 Å². The Morgan fingerprint density at radius 3 is 2.60 bits per heavy atom. The van der Waals surface area contributed by atoms with Crippen LogP contribution in [0.1, 0.15) is 31.7 Å². The normalized spacial score (nSPS) is 25.8. The van der Waals surface area contributed by atoms with Gasteiger partial charge in [-0.3, -0.25) is 0 Å². The fraction of sp³-hybridized carbons (Fsp3) is 0.600. The summed E-state index contributed by atoms with van der Waals surface area (Å²) >= 11 is 3.45. The zero-order valence-electron chi connectivity index (χ0n) is 12.0. The monoisotopic (exact) mass is 359 g/mol. The molecule has 2 rings (SSSR count). The van der Waals surface area contributed by atoms with Crippen LogP contribution in [0.5, 0.6) is 0 Å². The largest absolute Gasteiger partial charge is 0.214 e. The predicted molar refractivity (Wildman–Crippen MR) is 86.7 cm³/mol. The molecular weight excluding hydrogens is 338 g/mol. The minimum Gasteiger partial charge on any atom is -0.212 e. The lowest BCUT2D eigenvalue weighted by atomic mass is 10.0. The summed E-state index contributed by atoms with van der Waals surface area (Å²) in [7, 11) is -3.20. The van der Waals surface area contributed by atoms with Crippen molar-refractivity contribution in [3.8, 4) is 0 Å². The van der Waals surface area contributed by atoms with Crippen LogP contribution in [0.2, 0.25) is 0 Å². The van der Waals surface area contributed by atoms with E-state index in [0.29, 0.717) is 17.8 Å². The first-order valence-electron chi connectivity index (χ1n) is 7.06. The van der Waals surface area contributed by atoms with E-state index in [4.69, 9.17) is 0 Å². The van der Waals surface area contributed by atoms with Gasteiger partial charge in [0.25, 0.3) is 0 Å². The average Bonchev–Trinajstić information content (AvgIpc) is 2.81. The van der Waals surface area contributed by atoms with Crippen LogP contribution in [0.4, 0.5) is 0 Å². The number of nitrogens with zero attached hydrogens (tertiary/aromatic N) is 1. The van der Waals surface area contributed by atoms with Crippen molar-refractivity contribution in [2.75, 3.05) is 17.6 Å². The summed E-state index contributed by atoms with van der Waals surface area (Å²) in [5, 5.41) is 0.715. The highest BCUT2D eigenvalue weighted by atomic mass is 79.9. The average molecular weight is 360 g/mol. The Morgan fingerprint density at radius 1 is 1.35 bits per heavy atom. The van der Waals surface area contributed by atoms with Crippen molar-refractivity contribution in [3.05, 3.63) is 35.9 Å². The fourth-order valence-corrected chi connectivity index (χ4v) is 6.11. The zero-order chi connectivity index (χ0) is 14.8. The second-order valence-electron chi connectivity index (χ2n) is 5.69. The summed E-state index contributed by atoms with van der Waals surface area (Å²) in [5.41, 5.74) is 1.08. The Labute approximate surface area is 130 Å². The predicted octanol–water partition coefficient (Wildman–Crippen LogP) is 3.23. The van der Waals surface area contributed by atoms with Gasteiger partial charge < -0.3 is 0 Å². The first-order valence-corrected chi connectivity index (χ1v) is 9.79. The molecule has 0 aliphatic carbocycles.